The van der Waals surface area contributed by atoms with Crippen LogP contribution in [-0.4, -0.2) is 0 Å². The van der Waals surface area contributed by atoms with Gasteiger partial charge in [-0.3, -0.25) is 0 Å². The van der Waals surface area contributed by atoms with Gasteiger partial charge in [-0.2, -0.15) is 0 Å². The lowest BCUT2D eigenvalue weighted by Gasteiger charge is -2.35. The molecule has 14 aromatic carbocycles. The fourth-order valence-corrected chi connectivity index (χ4v) is 18.6. The molecule has 4 aliphatic carbocycles. The molecule has 1 spiro atoms. The molecule has 0 aromatic heterocycles. The molecule has 0 N–H and O–H groups in total. The Morgan fingerprint density at radius 1 is 0.280 bits per heavy atom. The molecule has 0 bridgehead atoms. The number of hydrogen-bond donors (Lipinski definition) is 0. The summed E-state index contributed by atoms with van der Waals surface area (Å²) in [6.45, 7) is 17.3. The molecule has 0 aliphatic heterocycles. The summed E-state index contributed by atoms with van der Waals surface area (Å²) in [5.41, 5.74) is 21.1. The van der Waals surface area contributed by atoms with Gasteiger partial charge in [0.1, 0.15) is 46.3 Å². The van der Waals surface area contributed by atoms with Crippen molar-refractivity contribution in [2.45, 2.75) is 67.6 Å². The summed E-state index contributed by atoms with van der Waals surface area (Å²) in [6.07, 6.45) is 5.24. The van der Waals surface area contributed by atoms with Gasteiger partial charge in [0.15, 0.2) is 0 Å². The molecule has 520 valence electrons. The van der Waals surface area contributed by atoms with E-state index in [0.29, 0.717) is 23.0 Å². The van der Waals surface area contributed by atoms with Crippen LogP contribution in [0.25, 0.3) is 34.4 Å². The SMILES string of the molecule is C=Cc1ccc(Oc2ccc(C3(c4ccc(F)cc4)c4ccccc4-c4ccc(N(c5ccc(F)cc5)c5ccc6c(c5)C5(CC6(C)C)CC(C)(C)c6ccc(N(c7ccc(F)cc7)c7ccc8c(c7)C(c7ccc(F)cc7)(c7ccc(Oc9ccc(C=C)cc9)cc7)c7ccccc7-8)cc65)cc43)cc2)cc1. The molecule has 4 aliphatic rings. The van der Waals surface area contributed by atoms with Crippen LogP contribution in [0.5, 0.6) is 23.0 Å². The maximum Gasteiger partial charge on any atom is 0.127 e. The third kappa shape index (κ3) is 10.8. The Balaban J connectivity index is 0.785. The van der Waals surface area contributed by atoms with Gasteiger partial charge in [0.05, 0.1) is 10.8 Å². The van der Waals surface area contributed by atoms with Crippen LogP contribution >= 0.6 is 0 Å². The van der Waals surface area contributed by atoms with Crippen LogP contribution in [0.3, 0.4) is 0 Å². The van der Waals surface area contributed by atoms with Crippen molar-refractivity contribution in [1.29, 1.82) is 0 Å². The Labute approximate surface area is 622 Å². The number of hydrogen-bond acceptors (Lipinski definition) is 4. The van der Waals surface area contributed by atoms with Crippen molar-refractivity contribution in [3.63, 3.8) is 0 Å². The normalized spacial score (nSPS) is 17.8. The molecule has 0 fully saturated rings. The summed E-state index contributed by atoms with van der Waals surface area (Å²) in [5, 5.41) is 0. The van der Waals surface area contributed by atoms with E-state index in [1.165, 1.54) is 46.5 Å². The van der Waals surface area contributed by atoms with E-state index in [1.807, 2.05) is 121 Å². The second-order valence-electron chi connectivity index (χ2n) is 30.2. The van der Waals surface area contributed by atoms with Gasteiger partial charge < -0.3 is 19.3 Å². The molecule has 0 saturated carbocycles. The number of fused-ring (bicyclic) bond motifs is 10. The van der Waals surface area contributed by atoms with E-state index in [1.54, 1.807) is 36.4 Å². The van der Waals surface area contributed by atoms with E-state index in [-0.39, 0.29) is 34.1 Å². The van der Waals surface area contributed by atoms with Crippen LogP contribution in [0, 0.1) is 23.3 Å². The van der Waals surface area contributed by atoms with Gasteiger partial charge in [0.25, 0.3) is 0 Å². The van der Waals surface area contributed by atoms with Gasteiger partial charge in [-0.1, -0.05) is 199 Å². The molecule has 4 nitrogen and oxygen atoms in total. The molecule has 8 heteroatoms. The smallest absolute Gasteiger partial charge is 0.127 e. The summed E-state index contributed by atoms with van der Waals surface area (Å²) in [7, 11) is 0. The van der Waals surface area contributed by atoms with E-state index in [2.05, 4.69) is 196 Å². The first-order chi connectivity index (χ1) is 51.9. The van der Waals surface area contributed by atoms with Gasteiger partial charge in [-0.25, -0.2) is 17.6 Å². The van der Waals surface area contributed by atoms with Crippen LogP contribution in [0.4, 0.5) is 51.7 Å². The quantitative estimate of drug-likeness (QED) is 0.0900. The molecule has 0 amide bonds. The van der Waals surface area contributed by atoms with Crippen LogP contribution < -0.4 is 19.3 Å². The maximum absolute atomic E-state index is 15.5. The highest BCUT2D eigenvalue weighted by Gasteiger charge is 2.57. The maximum atomic E-state index is 15.5. The Hall–Kier alpha value is -12.5. The van der Waals surface area contributed by atoms with Crippen molar-refractivity contribution < 1.29 is 27.0 Å². The van der Waals surface area contributed by atoms with E-state index in [4.69, 9.17) is 9.47 Å². The second kappa shape index (κ2) is 25.4. The first-order valence-electron chi connectivity index (χ1n) is 36.4. The van der Waals surface area contributed by atoms with E-state index in [0.717, 1.165) is 125 Å². The number of nitrogens with zero attached hydrogens (tertiary/aromatic N) is 2. The summed E-state index contributed by atoms with van der Waals surface area (Å²) in [5.74, 6) is 1.36. The van der Waals surface area contributed by atoms with Crippen LogP contribution in [0.2, 0.25) is 0 Å². The standard InChI is InChI=1S/C99H74F4N2O2/c1-7-63-17-45-79(46-18-63)106-81-49-25-67(26-50-81)98(65-21-29-69(100)30-22-65)87-15-11-9-13-83(87)85-53-41-75(57-91(85)98)104(73-37-33-71(102)34-38-73)77-43-55-89-93(59-77)97(61-95(89,3)4)62-96(5,6)90-56-44-78(60-94(90)97)105(74-39-35-72(103)36-40-74)76-42-54-86-84-14-10-12-16-88(84)99(92(86)58-76,66-23-31-70(101)32-24-66)68-27-51-82(52-28-68)107-80-47-19-64(8-2)20-48-80/h7-60H,1-2,61-62H2,3-6H3. The van der Waals surface area contributed by atoms with Crippen molar-refractivity contribution in [3.8, 4) is 45.3 Å². The largest absolute Gasteiger partial charge is 0.457 e. The fourth-order valence-electron chi connectivity index (χ4n) is 18.6. The molecule has 0 radical (unpaired) electrons. The summed E-state index contributed by atoms with van der Waals surface area (Å²) in [4.78, 5) is 4.51. The third-order valence-electron chi connectivity index (χ3n) is 23.1. The fraction of sp³-hybridized carbons (Fsp3) is 0.111. The predicted octanol–water partition coefficient (Wildman–Crippen LogP) is 26.4. The number of benzene rings is 14. The molecule has 18 rings (SSSR count). The number of ether oxygens (including phenoxy) is 2. The van der Waals surface area contributed by atoms with Crippen LogP contribution in [-0.2, 0) is 27.1 Å². The van der Waals surface area contributed by atoms with Gasteiger partial charge in [-0.05, 0) is 294 Å². The Morgan fingerprint density at radius 3 is 0.888 bits per heavy atom. The lowest BCUT2D eigenvalue weighted by atomic mass is 9.67. The second-order valence-corrected chi connectivity index (χ2v) is 30.2. The van der Waals surface area contributed by atoms with E-state index < -0.39 is 16.2 Å². The number of anilines is 6. The zero-order chi connectivity index (χ0) is 73.1. The predicted molar refractivity (Wildman–Crippen MR) is 426 cm³/mol. The van der Waals surface area contributed by atoms with Gasteiger partial charge in [0.2, 0.25) is 0 Å². The molecule has 0 heterocycles. The molecule has 0 saturated heterocycles. The average Bonchev–Trinajstić information content (AvgIpc) is 1.51. The van der Waals surface area contributed by atoms with Crippen molar-refractivity contribution in [1.82, 2.24) is 0 Å². The monoisotopic (exact) mass is 1400 g/mol. The molecule has 107 heavy (non-hydrogen) atoms. The van der Waals surface area contributed by atoms with Gasteiger partial charge >= 0.3 is 0 Å². The van der Waals surface area contributed by atoms with E-state index >= 15 is 17.6 Å². The highest BCUT2D eigenvalue weighted by molar-refractivity contribution is 5.92. The first kappa shape index (κ1) is 66.4. The van der Waals surface area contributed by atoms with E-state index in [9.17, 15) is 0 Å². The lowest BCUT2D eigenvalue weighted by Crippen LogP contribution is -2.29. The summed E-state index contributed by atoms with van der Waals surface area (Å²) >= 11 is 0. The minimum atomic E-state index is -0.933. The first-order valence-corrected chi connectivity index (χ1v) is 36.4. The third-order valence-corrected chi connectivity index (χ3v) is 23.1. The van der Waals surface area contributed by atoms with Crippen LogP contribution in [0.15, 0.2) is 329 Å². The Morgan fingerprint density at radius 2 is 0.551 bits per heavy atom. The average molecular weight is 1400 g/mol. The molecular weight excluding hydrogens is 1330 g/mol. The Kier molecular flexibility index (Phi) is 15.8. The van der Waals surface area contributed by atoms with Crippen molar-refractivity contribution >= 4 is 46.3 Å². The molecule has 2 unspecified atom stereocenters. The number of rotatable bonds is 16. The highest BCUT2D eigenvalue weighted by Crippen LogP contribution is 2.66. The Bertz CT molecular complexity index is 5470. The van der Waals surface area contributed by atoms with Crippen molar-refractivity contribution in [3.05, 3.63) is 430 Å². The van der Waals surface area contributed by atoms with Crippen molar-refractivity contribution in [2.75, 3.05) is 9.80 Å². The zero-order valence-electron chi connectivity index (χ0n) is 59.7. The minimum Gasteiger partial charge on any atom is -0.457 e. The zero-order valence-corrected chi connectivity index (χ0v) is 59.7. The van der Waals surface area contributed by atoms with Crippen LogP contribution in [0.1, 0.15) is 118 Å². The summed E-state index contributed by atoms with van der Waals surface area (Å²) < 4.78 is 74.5. The van der Waals surface area contributed by atoms with Gasteiger partial charge in [0, 0.05) is 39.5 Å². The molecule has 14 aromatic rings. The van der Waals surface area contributed by atoms with Gasteiger partial charge in [-0.15, -0.1) is 0 Å². The topological polar surface area (TPSA) is 24.9 Å². The lowest BCUT2D eigenvalue weighted by molar-refractivity contribution is 0.349. The van der Waals surface area contributed by atoms with Crippen molar-refractivity contribution in [2.24, 2.45) is 0 Å². The minimum absolute atomic E-state index is 0.288. The molecular formula is C99H74F4N2O2. The highest BCUT2D eigenvalue weighted by atomic mass is 19.1. The molecule has 2 atom stereocenters. The summed E-state index contributed by atoms with van der Waals surface area (Å²) in [6, 6.07) is 104. The number of halogens is 4.